The molecule has 0 saturated carbocycles. The SMILES string of the molecule is Cn1cc(Br)c2ccc(CC3CCCNC3)cc21. The van der Waals surface area contributed by atoms with Crippen LogP contribution >= 0.6 is 15.9 Å². The molecule has 1 aliphatic rings. The van der Waals surface area contributed by atoms with Gasteiger partial charge in [-0.1, -0.05) is 12.1 Å². The Morgan fingerprint density at radius 2 is 2.33 bits per heavy atom. The maximum Gasteiger partial charge on any atom is 0.0492 e. The van der Waals surface area contributed by atoms with Gasteiger partial charge in [0.1, 0.15) is 0 Å². The summed E-state index contributed by atoms with van der Waals surface area (Å²) in [5.74, 6) is 0.805. The monoisotopic (exact) mass is 306 g/mol. The molecule has 1 aromatic heterocycles. The van der Waals surface area contributed by atoms with Gasteiger partial charge in [0.25, 0.3) is 0 Å². The number of fused-ring (bicyclic) bond motifs is 1. The summed E-state index contributed by atoms with van der Waals surface area (Å²) in [4.78, 5) is 0. The van der Waals surface area contributed by atoms with E-state index in [0.717, 1.165) is 5.92 Å². The average Bonchev–Trinajstić information content (AvgIpc) is 2.66. The first kappa shape index (κ1) is 12.2. The van der Waals surface area contributed by atoms with Crippen molar-refractivity contribution in [2.24, 2.45) is 13.0 Å². The van der Waals surface area contributed by atoms with Crippen LogP contribution in [-0.4, -0.2) is 17.7 Å². The molecule has 18 heavy (non-hydrogen) atoms. The Hall–Kier alpha value is -0.800. The third-order valence-electron chi connectivity index (χ3n) is 3.93. The fourth-order valence-electron chi connectivity index (χ4n) is 2.94. The fraction of sp³-hybridized carbons (Fsp3) is 0.467. The topological polar surface area (TPSA) is 17.0 Å². The number of nitrogens with one attached hydrogen (secondary N) is 1. The van der Waals surface area contributed by atoms with Gasteiger partial charge in [0.15, 0.2) is 0 Å². The van der Waals surface area contributed by atoms with Crippen LogP contribution in [0.15, 0.2) is 28.9 Å². The average molecular weight is 307 g/mol. The lowest BCUT2D eigenvalue weighted by Gasteiger charge is -2.22. The highest BCUT2D eigenvalue weighted by molar-refractivity contribution is 9.10. The standard InChI is InChI=1S/C15H19BrN2/c1-18-10-14(16)13-5-4-11(8-15(13)18)7-12-3-2-6-17-9-12/h4-5,8,10,12,17H,2-3,6-7,9H2,1H3. The van der Waals surface area contributed by atoms with Crippen LogP contribution in [0.5, 0.6) is 0 Å². The van der Waals surface area contributed by atoms with E-state index < -0.39 is 0 Å². The lowest BCUT2D eigenvalue weighted by atomic mass is 9.92. The van der Waals surface area contributed by atoms with Gasteiger partial charge in [-0.2, -0.15) is 0 Å². The minimum atomic E-state index is 0.805. The van der Waals surface area contributed by atoms with Crippen molar-refractivity contribution >= 4 is 26.8 Å². The van der Waals surface area contributed by atoms with E-state index in [1.54, 1.807) is 0 Å². The zero-order valence-corrected chi connectivity index (χ0v) is 12.3. The summed E-state index contributed by atoms with van der Waals surface area (Å²) in [7, 11) is 2.11. The zero-order chi connectivity index (χ0) is 12.5. The van der Waals surface area contributed by atoms with Gasteiger partial charge < -0.3 is 9.88 Å². The Balaban J connectivity index is 1.86. The molecule has 1 N–H and O–H groups in total. The largest absolute Gasteiger partial charge is 0.349 e. The van der Waals surface area contributed by atoms with E-state index in [0.29, 0.717) is 0 Å². The first-order valence-corrected chi connectivity index (χ1v) is 7.47. The molecule has 1 fully saturated rings. The highest BCUT2D eigenvalue weighted by atomic mass is 79.9. The van der Waals surface area contributed by atoms with E-state index in [1.165, 1.54) is 53.3 Å². The van der Waals surface area contributed by atoms with Crippen molar-refractivity contribution < 1.29 is 0 Å². The second-order valence-electron chi connectivity index (χ2n) is 5.36. The third-order valence-corrected chi connectivity index (χ3v) is 4.56. The van der Waals surface area contributed by atoms with Crippen LogP contribution in [0.2, 0.25) is 0 Å². The van der Waals surface area contributed by atoms with E-state index in [-0.39, 0.29) is 0 Å². The Bertz CT molecular complexity index is 553. The number of nitrogens with zero attached hydrogens (tertiary/aromatic N) is 1. The van der Waals surface area contributed by atoms with E-state index >= 15 is 0 Å². The summed E-state index contributed by atoms with van der Waals surface area (Å²) in [6, 6.07) is 6.86. The first-order valence-electron chi connectivity index (χ1n) is 6.68. The van der Waals surface area contributed by atoms with Crippen LogP contribution in [0.4, 0.5) is 0 Å². The van der Waals surface area contributed by atoms with Gasteiger partial charge in [0.05, 0.1) is 0 Å². The van der Waals surface area contributed by atoms with Crippen molar-refractivity contribution in [2.75, 3.05) is 13.1 Å². The molecule has 3 heteroatoms. The van der Waals surface area contributed by atoms with Gasteiger partial charge in [-0.3, -0.25) is 0 Å². The molecular formula is C15H19BrN2. The zero-order valence-electron chi connectivity index (χ0n) is 10.7. The van der Waals surface area contributed by atoms with Crippen LogP contribution in [0, 0.1) is 5.92 Å². The van der Waals surface area contributed by atoms with Crippen LogP contribution in [0.3, 0.4) is 0 Å². The summed E-state index contributed by atoms with van der Waals surface area (Å²) >= 11 is 3.61. The highest BCUT2D eigenvalue weighted by Gasteiger charge is 2.14. The van der Waals surface area contributed by atoms with E-state index in [9.17, 15) is 0 Å². The predicted molar refractivity (Wildman–Crippen MR) is 79.9 cm³/mol. The number of rotatable bonds is 2. The number of hydrogen-bond donors (Lipinski definition) is 1. The van der Waals surface area contributed by atoms with Crippen LogP contribution < -0.4 is 5.32 Å². The molecule has 1 aliphatic heterocycles. The highest BCUT2D eigenvalue weighted by Crippen LogP contribution is 2.27. The lowest BCUT2D eigenvalue weighted by Crippen LogP contribution is -2.30. The first-order chi connectivity index (χ1) is 8.74. The van der Waals surface area contributed by atoms with Gasteiger partial charge in [0.2, 0.25) is 0 Å². The summed E-state index contributed by atoms with van der Waals surface area (Å²) in [6.45, 7) is 2.37. The maximum atomic E-state index is 3.61. The Morgan fingerprint density at radius 1 is 1.44 bits per heavy atom. The van der Waals surface area contributed by atoms with Crippen molar-refractivity contribution in [1.29, 1.82) is 0 Å². The normalized spacial score (nSPS) is 20.4. The molecule has 1 aromatic carbocycles. The van der Waals surface area contributed by atoms with E-state index in [2.05, 4.69) is 57.3 Å². The second kappa shape index (κ2) is 5.06. The Morgan fingerprint density at radius 3 is 3.11 bits per heavy atom. The molecular weight excluding hydrogens is 288 g/mol. The molecule has 2 aromatic rings. The maximum absolute atomic E-state index is 3.61. The molecule has 0 amide bonds. The quantitative estimate of drug-likeness (QED) is 0.899. The minimum absolute atomic E-state index is 0.805. The molecule has 1 atom stereocenters. The molecule has 96 valence electrons. The summed E-state index contributed by atoms with van der Waals surface area (Å²) in [5, 5.41) is 4.80. The second-order valence-corrected chi connectivity index (χ2v) is 6.21. The smallest absolute Gasteiger partial charge is 0.0492 e. The minimum Gasteiger partial charge on any atom is -0.349 e. The predicted octanol–water partition coefficient (Wildman–Crippen LogP) is 3.48. The van der Waals surface area contributed by atoms with Crippen LogP contribution in [0.1, 0.15) is 18.4 Å². The molecule has 1 unspecified atom stereocenters. The molecule has 2 nitrogen and oxygen atoms in total. The van der Waals surface area contributed by atoms with Gasteiger partial charge in [-0.05, 0) is 65.8 Å². The number of halogens is 1. The van der Waals surface area contributed by atoms with Gasteiger partial charge in [-0.25, -0.2) is 0 Å². The van der Waals surface area contributed by atoms with Crippen molar-refractivity contribution in [3.8, 4) is 0 Å². The molecule has 3 rings (SSSR count). The molecule has 0 bridgehead atoms. The summed E-state index contributed by atoms with van der Waals surface area (Å²) in [5.41, 5.74) is 2.79. The van der Waals surface area contributed by atoms with Crippen LogP contribution in [-0.2, 0) is 13.5 Å². The Labute approximate surface area is 116 Å². The third kappa shape index (κ3) is 2.34. The van der Waals surface area contributed by atoms with Crippen molar-refractivity contribution in [1.82, 2.24) is 9.88 Å². The van der Waals surface area contributed by atoms with Crippen LogP contribution in [0.25, 0.3) is 10.9 Å². The van der Waals surface area contributed by atoms with Crippen molar-refractivity contribution in [3.05, 3.63) is 34.4 Å². The molecule has 0 spiro atoms. The van der Waals surface area contributed by atoms with Crippen molar-refractivity contribution in [2.45, 2.75) is 19.3 Å². The Kier molecular flexibility index (Phi) is 3.44. The molecule has 1 saturated heterocycles. The molecule has 2 heterocycles. The number of aromatic nitrogens is 1. The lowest BCUT2D eigenvalue weighted by molar-refractivity contribution is 0.376. The van der Waals surface area contributed by atoms with Crippen molar-refractivity contribution in [3.63, 3.8) is 0 Å². The van der Waals surface area contributed by atoms with E-state index in [4.69, 9.17) is 0 Å². The number of piperidine rings is 1. The summed E-state index contributed by atoms with van der Waals surface area (Å²) < 4.78 is 3.38. The number of hydrogen-bond acceptors (Lipinski definition) is 1. The van der Waals surface area contributed by atoms with Gasteiger partial charge in [0, 0.05) is 28.6 Å². The van der Waals surface area contributed by atoms with Gasteiger partial charge >= 0.3 is 0 Å². The number of aryl methyl sites for hydroxylation is 1. The number of benzene rings is 1. The fourth-order valence-corrected chi connectivity index (χ4v) is 3.58. The summed E-state index contributed by atoms with van der Waals surface area (Å²) in [6.07, 6.45) is 6.02. The molecule has 0 aliphatic carbocycles. The van der Waals surface area contributed by atoms with E-state index in [1.807, 2.05) is 0 Å². The van der Waals surface area contributed by atoms with Gasteiger partial charge in [-0.15, -0.1) is 0 Å². The molecule has 0 radical (unpaired) electrons.